The topological polar surface area (TPSA) is 43.1 Å². The van der Waals surface area contributed by atoms with Gasteiger partial charge in [0.15, 0.2) is 0 Å². The molecule has 2 N–H and O–H groups in total. The minimum Gasteiger partial charge on any atom is -0.398 e. The summed E-state index contributed by atoms with van der Waals surface area (Å²) in [5, 5.41) is 0.445. The van der Waals surface area contributed by atoms with E-state index in [0.717, 1.165) is 10.0 Å². The van der Waals surface area contributed by atoms with Gasteiger partial charge < -0.3 is 5.73 Å². The molecule has 2 nitrogen and oxygen atoms in total. The molecule has 0 aliphatic rings. The minimum absolute atomic E-state index is 0.384. The van der Waals surface area contributed by atoms with Gasteiger partial charge in [0.05, 0.1) is 26.5 Å². The van der Waals surface area contributed by atoms with Crippen molar-refractivity contribution in [3.8, 4) is 0 Å². The molecule has 0 heterocycles. The molecule has 0 amide bonds. The normalized spacial score (nSPS) is 12.3. The number of anilines is 1. The Balaban J connectivity index is 2.31. The highest BCUT2D eigenvalue weighted by molar-refractivity contribution is 9.10. The fraction of sp³-hybridized carbons (Fsp3) is 0.0769. The molecule has 0 bridgehead atoms. The monoisotopic (exact) mass is 343 g/mol. The van der Waals surface area contributed by atoms with E-state index >= 15 is 0 Å². The Morgan fingerprint density at radius 1 is 1.17 bits per heavy atom. The van der Waals surface area contributed by atoms with Gasteiger partial charge in [0, 0.05) is 10.2 Å². The zero-order chi connectivity index (χ0) is 13.1. The number of hydrogen-bond donors (Lipinski definition) is 1. The van der Waals surface area contributed by atoms with Gasteiger partial charge in [-0.1, -0.05) is 51.8 Å². The fourth-order valence-electron chi connectivity index (χ4n) is 1.59. The molecule has 2 aromatic carbocycles. The maximum absolute atomic E-state index is 12.3. The Morgan fingerprint density at radius 2 is 1.89 bits per heavy atom. The van der Waals surface area contributed by atoms with E-state index in [-0.39, 0.29) is 0 Å². The third-order valence-corrected chi connectivity index (χ3v) is 5.15. The maximum Gasteiger partial charge on any atom is 0.0806 e. The van der Waals surface area contributed by atoms with Crippen molar-refractivity contribution in [3.05, 3.63) is 57.5 Å². The van der Waals surface area contributed by atoms with Crippen LogP contribution in [0.15, 0.2) is 51.8 Å². The molecule has 0 saturated heterocycles. The maximum atomic E-state index is 12.3. The zero-order valence-electron chi connectivity index (χ0n) is 9.40. The highest BCUT2D eigenvalue weighted by Gasteiger charge is 2.13. The van der Waals surface area contributed by atoms with Crippen molar-refractivity contribution in [2.75, 3.05) is 5.73 Å². The van der Waals surface area contributed by atoms with Crippen LogP contribution in [0.5, 0.6) is 0 Å². The summed E-state index contributed by atoms with van der Waals surface area (Å²) in [6, 6.07) is 12.8. The number of hydrogen-bond acceptors (Lipinski definition) is 2. The van der Waals surface area contributed by atoms with Crippen molar-refractivity contribution in [1.29, 1.82) is 0 Å². The molecule has 0 saturated carbocycles. The number of halogens is 2. The van der Waals surface area contributed by atoms with E-state index in [9.17, 15) is 4.21 Å². The molecule has 0 aromatic heterocycles. The smallest absolute Gasteiger partial charge is 0.0806 e. The number of rotatable bonds is 3. The van der Waals surface area contributed by atoms with Crippen molar-refractivity contribution < 1.29 is 4.21 Å². The molecule has 2 aromatic rings. The Labute approximate surface area is 122 Å². The van der Waals surface area contributed by atoms with E-state index in [1.54, 1.807) is 18.2 Å². The number of nitrogen functional groups attached to an aromatic ring is 1. The van der Waals surface area contributed by atoms with E-state index in [1.165, 1.54) is 0 Å². The molecule has 0 spiro atoms. The summed E-state index contributed by atoms with van der Waals surface area (Å²) < 4.78 is 13.3. The molecule has 0 radical (unpaired) electrons. The second-order valence-corrected chi connectivity index (χ2v) is 6.39. The highest BCUT2D eigenvalue weighted by atomic mass is 79.9. The lowest BCUT2D eigenvalue weighted by Gasteiger charge is -2.09. The molecule has 1 atom stereocenters. The lowest BCUT2D eigenvalue weighted by atomic mass is 10.2. The van der Waals surface area contributed by atoms with E-state index in [1.807, 2.05) is 24.3 Å². The van der Waals surface area contributed by atoms with Crippen LogP contribution in [-0.4, -0.2) is 4.21 Å². The third-order valence-electron chi connectivity index (χ3n) is 2.47. The fourth-order valence-corrected chi connectivity index (χ4v) is 3.94. The van der Waals surface area contributed by atoms with Gasteiger partial charge in [-0.05, 0) is 23.8 Å². The molecular weight excluding hydrogens is 334 g/mol. The lowest BCUT2D eigenvalue weighted by Crippen LogP contribution is -2.02. The molecule has 94 valence electrons. The van der Waals surface area contributed by atoms with Gasteiger partial charge in [-0.25, -0.2) is 0 Å². The first kappa shape index (κ1) is 13.6. The molecule has 0 aliphatic carbocycles. The molecule has 0 fully saturated rings. The van der Waals surface area contributed by atoms with E-state index < -0.39 is 10.8 Å². The molecular formula is C13H11BrClNOS. The summed E-state index contributed by atoms with van der Waals surface area (Å²) in [6.45, 7) is 0. The van der Waals surface area contributed by atoms with E-state index in [2.05, 4.69) is 15.9 Å². The standard InChI is InChI=1S/C13H11BrClNOS/c14-10-5-2-1-4-9(10)8-18(17)13-11(15)6-3-7-12(13)16/h1-7H,8,16H2. The van der Waals surface area contributed by atoms with Crippen molar-refractivity contribution in [1.82, 2.24) is 0 Å². The second kappa shape index (κ2) is 5.87. The molecule has 2 rings (SSSR count). The quantitative estimate of drug-likeness (QED) is 0.855. The highest BCUT2D eigenvalue weighted by Crippen LogP contribution is 2.28. The van der Waals surface area contributed by atoms with Crippen LogP contribution < -0.4 is 5.73 Å². The Bertz CT molecular complexity index is 583. The lowest BCUT2D eigenvalue weighted by molar-refractivity contribution is 0.683. The summed E-state index contributed by atoms with van der Waals surface area (Å²) in [5.41, 5.74) is 7.26. The van der Waals surface area contributed by atoms with E-state index in [0.29, 0.717) is 21.4 Å². The first-order valence-electron chi connectivity index (χ1n) is 5.25. The Kier molecular flexibility index (Phi) is 4.43. The largest absolute Gasteiger partial charge is 0.398 e. The molecule has 1 unspecified atom stereocenters. The van der Waals surface area contributed by atoms with Gasteiger partial charge in [-0.15, -0.1) is 0 Å². The summed E-state index contributed by atoms with van der Waals surface area (Å²) >= 11 is 9.48. The molecule has 18 heavy (non-hydrogen) atoms. The van der Waals surface area contributed by atoms with Crippen LogP contribution in [0.2, 0.25) is 5.02 Å². The predicted molar refractivity (Wildman–Crippen MR) is 80.1 cm³/mol. The minimum atomic E-state index is -1.25. The second-order valence-electron chi connectivity index (χ2n) is 3.74. The van der Waals surface area contributed by atoms with Crippen LogP contribution in [-0.2, 0) is 16.6 Å². The predicted octanol–water partition coefficient (Wildman–Crippen LogP) is 3.99. The van der Waals surface area contributed by atoms with Crippen molar-refractivity contribution in [2.45, 2.75) is 10.6 Å². The zero-order valence-corrected chi connectivity index (χ0v) is 12.6. The summed E-state index contributed by atoms with van der Waals surface area (Å²) in [5.74, 6) is 0.384. The van der Waals surface area contributed by atoms with Gasteiger partial charge in [-0.2, -0.15) is 0 Å². The van der Waals surface area contributed by atoms with Crippen LogP contribution in [0.4, 0.5) is 5.69 Å². The van der Waals surface area contributed by atoms with Gasteiger partial charge in [0.25, 0.3) is 0 Å². The van der Waals surface area contributed by atoms with Crippen molar-refractivity contribution in [2.24, 2.45) is 0 Å². The summed E-state index contributed by atoms with van der Waals surface area (Å²) in [4.78, 5) is 0.509. The van der Waals surface area contributed by atoms with Crippen LogP contribution in [0, 0.1) is 0 Å². The average molecular weight is 345 g/mol. The van der Waals surface area contributed by atoms with Crippen LogP contribution in [0.3, 0.4) is 0 Å². The Hall–Kier alpha value is -0.840. The molecule has 5 heteroatoms. The van der Waals surface area contributed by atoms with Gasteiger partial charge >= 0.3 is 0 Å². The van der Waals surface area contributed by atoms with Crippen molar-refractivity contribution in [3.63, 3.8) is 0 Å². The molecule has 0 aliphatic heterocycles. The van der Waals surface area contributed by atoms with E-state index in [4.69, 9.17) is 17.3 Å². The van der Waals surface area contributed by atoms with Crippen LogP contribution in [0.25, 0.3) is 0 Å². The van der Waals surface area contributed by atoms with Gasteiger partial charge in [0.1, 0.15) is 0 Å². The summed E-state index contributed by atoms with van der Waals surface area (Å²) in [6.07, 6.45) is 0. The summed E-state index contributed by atoms with van der Waals surface area (Å²) in [7, 11) is -1.25. The third kappa shape index (κ3) is 2.94. The number of benzene rings is 2. The average Bonchev–Trinajstić information content (AvgIpc) is 2.32. The van der Waals surface area contributed by atoms with Gasteiger partial charge in [0.2, 0.25) is 0 Å². The Morgan fingerprint density at radius 3 is 2.56 bits per heavy atom. The SMILES string of the molecule is Nc1cccc(Cl)c1S(=O)Cc1ccccc1Br. The van der Waals surface area contributed by atoms with Crippen molar-refractivity contribution >= 4 is 44.0 Å². The first-order chi connectivity index (χ1) is 8.59. The first-order valence-corrected chi connectivity index (χ1v) is 7.74. The number of nitrogens with two attached hydrogens (primary N) is 1. The van der Waals surface area contributed by atoms with Crippen LogP contribution >= 0.6 is 27.5 Å². The van der Waals surface area contributed by atoms with Gasteiger partial charge in [-0.3, -0.25) is 4.21 Å². The van der Waals surface area contributed by atoms with Crippen LogP contribution in [0.1, 0.15) is 5.56 Å².